The predicted molar refractivity (Wildman–Crippen MR) is 139 cm³/mol. The molecule has 1 N–H and O–H groups in total. The van der Waals surface area contributed by atoms with Gasteiger partial charge < -0.3 is 14.6 Å². The van der Waals surface area contributed by atoms with Crippen molar-refractivity contribution in [2.75, 3.05) is 11.1 Å². The van der Waals surface area contributed by atoms with E-state index in [2.05, 4.69) is 52.4 Å². The van der Waals surface area contributed by atoms with Crippen LogP contribution in [-0.2, 0) is 11.8 Å². The van der Waals surface area contributed by atoms with Crippen LogP contribution in [0.15, 0.2) is 68.0 Å². The van der Waals surface area contributed by atoms with Gasteiger partial charge in [-0.05, 0) is 43.3 Å². The van der Waals surface area contributed by atoms with Gasteiger partial charge in [-0.15, -0.1) is 21.5 Å². The summed E-state index contributed by atoms with van der Waals surface area (Å²) in [5.74, 6) is 1.47. The minimum absolute atomic E-state index is 0.152. The minimum atomic E-state index is -0.292. The largest absolute Gasteiger partial charge is 0.483 e. The van der Waals surface area contributed by atoms with Crippen LogP contribution < -0.4 is 10.1 Å². The van der Waals surface area contributed by atoms with Crippen molar-refractivity contribution >= 4 is 66.0 Å². The SMILES string of the molecule is CC(Oc1ccc(Br)cc1)c1nnc(SCC(=O)Nc2nc(-c3ccc(Br)cc3)cs2)n1C. The van der Waals surface area contributed by atoms with Crippen molar-refractivity contribution in [1.82, 2.24) is 19.7 Å². The molecule has 2 heterocycles. The number of rotatable bonds is 8. The normalized spacial score (nSPS) is 11.9. The van der Waals surface area contributed by atoms with Crippen molar-refractivity contribution < 1.29 is 9.53 Å². The van der Waals surface area contributed by atoms with Gasteiger partial charge in [0.05, 0.1) is 11.4 Å². The molecule has 0 aliphatic rings. The molecule has 7 nitrogen and oxygen atoms in total. The Morgan fingerprint density at radius 2 is 1.79 bits per heavy atom. The number of hydrogen-bond acceptors (Lipinski definition) is 7. The van der Waals surface area contributed by atoms with Crippen LogP contribution in [0.25, 0.3) is 11.3 Å². The number of carbonyl (C=O) groups is 1. The first-order valence-electron chi connectivity index (χ1n) is 9.84. The monoisotopic (exact) mass is 607 g/mol. The summed E-state index contributed by atoms with van der Waals surface area (Å²) in [5.41, 5.74) is 1.82. The molecule has 0 saturated heterocycles. The van der Waals surface area contributed by atoms with Gasteiger partial charge in [0, 0.05) is 26.9 Å². The van der Waals surface area contributed by atoms with E-state index in [4.69, 9.17) is 4.74 Å². The Morgan fingerprint density at radius 1 is 1.12 bits per heavy atom. The number of halogens is 2. The second-order valence-electron chi connectivity index (χ2n) is 7.00. The second kappa shape index (κ2) is 10.8. The summed E-state index contributed by atoms with van der Waals surface area (Å²) in [7, 11) is 1.86. The summed E-state index contributed by atoms with van der Waals surface area (Å²) in [5, 5.41) is 14.4. The maximum Gasteiger partial charge on any atom is 0.236 e. The van der Waals surface area contributed by atoms with E-state index in [1.54, 1.807) is 0 Å². The van der Waals surface area contributed by atoms with Gasteiger partial charge in [0.1, 0.15) is 5.75 Å². The molecule has 11 heteroatoms. The Morgan fingerprint density at radius 3 is 2.48 bits per heavy atom. The summed E-state index contributed by atoms with van der Waals surface area (Å²) in [6, 6.07) is 15.5. The maximum atomic E-state index is 12.4. The maximum absolute atomic E-state index is 12.4. The third-order valence-corrected chi connectivity index (χ3v) is 7.42. The van der Waals surface area contributed by atoms with Crippen LogP contribution in [0, 0.1) is 0 Å². The van der Waals surface area contributed by atoms with Crippen molar-refractivity contribution in [1.29, 1.82) is 0 Å². The van der Waals surface area contributed by atoms with E-state index in [-0.39, 0.29) is 17.8 Å². The van der Waals surface area contributed by atoms with Gasteiger partial charge >= 0.3 is 0 Å². The second-order valence-corrected chi connectivity index (χ2v) is 10.6. The lowest BCUT2D eigenvalue weighted by Gasteiger charge is -2.14. The number of benzene rings is 2. The fourth-order valence-electron chi connectivity index (χ4n) is 2.95. The fraction of sp³-hybridized carbons (Fsp3) is 0.182. The Balaban J connectivity index is 1.32. The molecule has 2 aromatic heterocycles. The van der Waals surface area contributed by atoms with E-state index in [9.17, 15) is 4.79 Å². The van der Waals surface area contributed by atoms with E-state index < -0.39 is 0 Å². The molecule has 1 unspecified atom stereocenters. The lowest BCUT2D eigenvalue weighted by Crippen LogP contribution is -2.14. The number of thiazole rings is 1. The zero-order valence-corrected chi connectivity index (χ0v) is 22.5. The van der Waals surface area contributed by atoms with Crippen molar-refractivity contribution in [3.63, 3.8) is 0 Å². The number of anilines is 1. The van der Waals surface area contributed by atoms with Crippen LogP contribution in [0.3, 0.4) is 0 Å². The first-order valence-corrected chi connectivity index (χ1v) is 13.3. The highest BCUT2D eigenvalue weighted by molar-refractivity contribution is 9.10. The summed E-state index contributed by atoms with van der Waals surface area (Å²) in [6.07, 6.45) is -0.292. The number of hydrogen-bond donors (Lipinski definition) is 1. The summed E-state index contributed by atoms with van der Waals surface area (Å²) >= 11 is 9.55. The van der Waals surface area contributed by atoms with Gasteiger partial charge in [-0.2, -0.15) is 0 Å². The molecular weight excluding hydrogens is 590 g/mol. The number of ether oxygens (including phenoxy) is 1. The Hall–Kier alpha value is -2.21. The number of thioether (sulfide) groups is 1. The molecule has 1 amide bonds. The summed E-state index contributed by atoms with van der Waals surface area (Å²) in [4.78, 5) is 16.9. The molecule has 4 rings (SSSR count). The minimum Gasteiger partial charge on any atom is -0.483 e. The van der Waals surface area contributed by atoms with Crippen molar-refractivity contribution in [2.24, 2.45) is 7.05 Å². The average molecular weight is 609 g/mol. The van der Waals surface area contributed by atoms with Crippen molar-refractivity contribution in [3.05, 3.63) is 68.7 Å². The molecule has 170 valence electrons. The molecular formula is C22H19Br2N5O2S2. The van der Waals surface area contributed by atoms with Crippen LogP contribution in [0.2, 0.25) is 0 Å². The summed E-state index contributed by atoms with van der Waals surface area (Å²) in [6.45, 7) is 1.92. The number of nitrogens with zero attached hydrogens (tertiary/aromatic N) is 4. The molecule has 0 spiro atoms. The van der Waals surface area contributed by atoms with E-state index in [1.807, 2.05) is 72.4 Å². The molecule has 0 aliphatic carbocycles. The van der Waals surface area contributed by atoms with Crippen LogP contribution in [0.4, 0.5) is 5.13 Å². The predicted octanol–water partition coefficient (Wildman–Crippen LogP) is 6.33. The lowest BCUT2D eigenvalue weighted by molar-refractivity contribution is -0.113. The van der Waals surface area contributed by atoms with E-state index in [1.165, 1.54) is 23.1 Å². The smallest absolute Gasteiger partial charge is 0.236 e. The molecule has 2 aromatic carbocycles. The molecule has 0 saturated carbocycles. The van der Waals surface area contributed by atoms with Gasteiger partial charge in [-0.3, -0.25) is 4.79 Å². The van der Waals surface area contributed by atoms with Crippen molar-refractivity contribution in [2.45, 2.75) is 18.2 Å². The highest BCUT2D eigenvalue weighted by Crippen LogP contribution is 2.27. The molecule has 0 fully saturated rings. The standard InChI is InChI=1S/C22H19Br2N5O2S2/c1-13(31-17-9-7-16(24)8-10-17)20-27-28-22(29(20)2)33-12-19(30)26-21-25-18(11-32-21)14-3-5-15(23)6-4-14/h3-11,13H,12H2,1-2H3,(H,25,26,30). The third-order valence-electron chi connectivity index (χ3n) is 4.58. The molecule has 0 radical (unpaired) electrons. The van der Waals surface area contributed by atoms with Crippen LogP contribution in [0.5, 0.6) is 5.75 Å². The molecule has 0 bridgehead atoms. The van der Waals surface area contributed by atoms with E-state index in [0.717, 1.165) is 26.0 Å². The third kappa shape index (κ3) is 6.23. The molecule has 4 aromatic rings. The first-order chi connectivity index (χ1) is 15.9. The molecule has 33 heavy (non-hydrogen) atoms. The van der Waals surface area contributed by atoms with Gasteiger partial charge in [0.2, 0.25) is 5.91 Å². The number of amides is 1. The fourth-order valence-corrected chi connectivity index (χ4v) is 4.93. The van der Waals surface area contributed by atoms with Gasteiger partial charge in [-0.1, -0.05) is 55.8 Å². The van der Waals surface area contributed by atoms with Gasteiger partial charge in [0.25, 0.3) is 0 Å². The lowest BCUT2D eigenvalue weighted by atomic mass is 10.2. The van der Waals surface area contributed by atoms with Gasteiger partial charge in [0.15, 0.2) is 22.2 Å². The first kappa shape index (κ1) is 23.9. The Bertz CT molecular complexity index is 1240. The van der Waals surface area contributed by atoms with E-state index >= 15 is 0 Å². The van der Waals surface area contributed by atoms with Crippen molar-refractivity contribution in [3.8, 4) is 17.0 Å². The molecule has 0 aliphatic heterocycles. The highest BCUT2D eigenvalue weighted by atomic mass is 79.9. The highest BCUT2D eigenvalue weighted by Gasteiger charge is 2.18. The number of carbonyl (C=O) groups excluding carboxylic acids is 1. The number of aromatic nitrogens is 4. The average Bonchev–Trinajstić information content (AvgIpc) is 3.41. The van der Waals surface area contributed by atoms with Crippen LogP contribution >= 0.6 is 55.0 Å². The topological polar surface area (TPSA) is 81.9 Å². The zero-order chi connectivity index (χ0) is 23.4. The Labute approximate surface area is 216 Å². The zero-order valence-electron chi connectivity index (χ0n) is 17.7. The summed E-state index contributed by atoms with van der Waals surface area (Å²) < 4.78 is 9.80. The van der Waals surface area contributed by atoms with Crippen LogP contribution in [-0.4, -0.2) is 31.4 Å². The Kier molecular flexibility index (Phi) is 7.84. The van der Waals surface area contributed by atoms with Gasteiger partial charge in [-0.25, -0.2) is 4.98 Å². The van der Waals surface area contributed by atoms with Crippen LogP contribution in [0.1, 0.15) is 18.9 Å². The van der Waals surface area contributed by atoms with E-state index in [0.29, 0.717) is 16.1 Å². The number of nitrogens with one attached hydrogen (secondary N) is 1. The molecule has 1 atom stereocenters. The quantitative estimate of drug-likeness (QED) is 0.235.